The maximum absolute atomic E-state index is 13.6. The molecule has 0 amide bonds. The summed E-state index contributed by atoms with van der Waals surface area (Å²) in [6, 6.07) is 21.0. The maximum atomic E-state index is 13.6. The SMILES string of the molecule is COC(=O)/C(=C/c1ccc(OCCCOc2ccc(-c3ccccc3)cc2)c(C(F)(F)F)c1)OC. The molecule has 0 aliphatic rings. The van der Waals surface area contributed by atoms with E-state index in [-0.39, 0.29) is 30.3 Å². The van der Waals surface area contributed by atoms with Crippen molar-refractivity contribution in [2.45, 2.75) is 12.6 Å². The van der Waals surface area contributed by atoms with Crippen LogP contribution in [0.1, 0.15) is 17.5 Å². The number of hydrogen-bond donors (Lipinski definition) is 0. The van der Waals surface area contributed by atoms with E-state index in [0.717, 1.165) is 24.3 Å². The molecule has 0 aromatic heterocycles. The molecule has 0 bridgehead atoms. The van der Waals surface area contributed by atoms with Crippen molar-refractivity contribution in [3.63, 3.8) is 0 Å². The van der Waals surface area contributed by atoms with Crippen molar-refractivity contribution in [3.05, 3.63) is 89.7 Å². The van der Waals surface area contributed by atoms with Crippen LogP contribution in [0, 0.1) is 0 Å². The first-order chi connectivity index (χ1) is 16.8. The number of rotatable bonds is 10. The zero-order valence-electron chi connectivity index (χ0n) is 19.3. The lowest BCUT2D eigenvalue weighted by Crippen LogP contribution is -2.11. The summed E-state index contributed by atoms with van der Waals surface area (Å²) in [5, 5.41) is 0. The summed E-state index contributed by atoms with van der Waals surface area (Å²) < 4.78 is 61.2. The Kier molecular flexibility index (Phi) is 8.78. The number of alkyl halides is 3. The van der Waals surface area contributed by atoms with E-state index >= 15 is 0 Å². The molecule has 0 saturated carbocycles. The summed E-state index contributed by atoms with van der Waals surface area (Å²) in [7, 11) is 2.38. The van der Waals surface area contributed by atoms with Crippen molar-refractivity contribution in [1.29, 1.82) is 0 Å². The Morgan fingerprint density at radius 1 is 0.829 bits per heavy atom. The molecule has 5 nitrogen and oxygen atoms in total. The first kappa shape index (κ1) is 25.7. The summed E-state index contributed by atoms with van der Waals surface area (Å²) in [5.74, 6) is -0.658. The van der Waals surface area contributed by atoms with Gasteiger partial charge >= 0.3 is 12.1 Å². The van der Waals surface area contributed by atoms with Crippen LogP contribution in [0.15, 0.2) is 78.6 Å². The molecule has 35 heavy (non-hydrogen) atoms. The fraction of sp³-hybridized carbons (Fsp3) is 0.222. The van der Waals surface area contributed by atoms with Gasteiger partial charge in [0, 0.05) is 6.42 Å². The first-order valence-corrected chi connectivity index (χ1v) is 10.8. The Labute approximate surface area is 201 Å². The number of carbonyl (C=O) groups excluding carboxylic acids is 1. The second-order valence-corrected chi connectivity index (χ2v) is 7.40. The number of carbonyl (C=O) groups is 1. The molecule has 0 aliphatic heterocycles. The normalized spacial score (nSPS) is 11.6. The Bertz CT molecular complexity index is 1140. The van der Waals surface area contributed by atoms with Crippen LogP contribution in [-0.2, 0) is 20.4 Å². The van der Waals surface area contributed by atoms with Crippen molar-refractivity contribution < 1.29 is 36.9 Å². The highest BCUT2D eigenvalue weighted by molar-refractivity contribution is 5.91. The second kappa shape index (κ2) is 12.0. The van der Waals surface area contributed by atoms with Crippen molar-refractivity contribution >= 4 is 12.0 Å². The monoisotopic (exact) mass is 486 g/mol. The minimum atomic E-state index is -4.64. The smallest absolute Gasteiger partial charge is 0.419 e. The molecule has 184 valence electrons. The van der Waals surface area contributed by atoms with Crippen LogP contribution in [-0.4, -0.2) is 33.4 Å². The summed E-state index contributed by atoms with van der Waals surface area (Å²) in [5.41, 5.74) is 1.32. The van der Waals surface area contributed by atoms with Crippen molar-refractivity contribution in [1.82, 2.24) is 0 Å². The van der Waals surface area contributed by atoms with E-state index in [1.54, 1.807) is 0 Å². The second-order valence-electron chi connectivity index (χ2n) is 7.40. The van der Waals surface area contributed by atoms with Gasteiger partial charge in [-0.15, -0.1) is 0 Å². The van der Waals surface area contributed by atoms with E-state index in [2.05, 4.69) is 4.74 Å². The third kappa shape index (κ3) is 7.27. The Morgan fingerprint density at radius 2 is 1.49 bits per heavy atom. The highest BCUT2D eigenvalue weighted by Crippen LogP contribution is 2.37. The van der Waals surface area contributed by atoms with E-state index < -0.39 is 17.7 Å². The van der Waals surface area contributed by atoms with Crippen LogP contribution in [0.2, 0.25) is 0 Å². The van der Waals surface area contributed by atoms with E-state index in [1.165, 1.54) is 25.3 Å². The van der Waals surface area contributed by atoms with Gasteiger partial charge in [-0.25, -0.2) is 4.79 Å². The fourth-order valence-corrected chi connectivity index (χ4v) is 3.24. The largest absolute Gasteiger partial charge is 0.493 e. The van der Waals surface area contributed by atoms with E-state index in [1.807, 2.05) is 54.6 Å². The van der Waals surface area contributed by atoms with Gasteiger partial charge in [0.15, 0.2) is 0 Å². The minimum Gasteiger partial charge on any atom is -0.493 e. The molecule has 0 atom stereocenters. The fourth-order valence-electron chi connectivity index (χ4n) is 3.24. The Morgan fingerprint density at radius 3 is 2.11 bits per heavy atom. The molecule has 3 aromatic carbocycles. The zero-order valence-corrected chi connectivity index (χ0v) is 19.3. The molecule has 0 N–H and O–H groups in total. The predicted octanol–water partition coefficient (Wildman–Crippen LogP) is 6.38. The van der Waals surface area contributed by atoms with Crippen LogP contribution in [0.5, 0.6) is 11.5 Å². The highest BCUT2D eigenvalue weighted by atomic mass is 19.4. The van der Waals surface area contributed by atoms with Crippen LogP contribution in [0.25, 0.3) is 17.2 Å². The lowest BCUT2D eigenvalue weighted by molar-refractivity contribution is -0.139. The van der Waals surface area contributed by atoms with Gasteiger partial charge < -0.3 is 18.9 Å². The van der Waals surface area contributed by atoms with Crippen LogP contribution < -0.4 is 9.47 Å². The molecular weight excluding hydrogens is 461 g/mol. The van der Waals surface area contributed by atoms with E-state index in [9.17, 15) is 18.0 Å². The van der Waals surface area contributed by atoms with Gasteiger partial charge in [-0.1, -0.05) is 48.5 Å². The standard InChI is InChI=1S/C27H25F3O5/c1-32-25(26(31)33-2)18-19-9-14-24(23(17-19)27(28,29)30)35-16-6-15-34-22-12-10-21(11-13-22)20-7-4-3-5-8-20/h3-5,7-14,17-18H,6,15-16H2,1-2H3/b25-18-. The lowest BCUT2D eigenvalue weighted by Gasteiger charge is -2.15. The molecule has 0 saturated heterocycles. The van der Waals surface area contributed by atoms with Gasteiger partial charge in [0.25, 0.3) is 0 Å². The molecular formula is C27H25F3O5. The molecule has 0 heterocycles. The number of halogens is 3. The summed E-state index contributed by atoms with van der Waals surface area (Å²) in [6.45, 7) is 0.315. The van der Waals surface area contributed by atoms with Crippen molar-refractivity contribution in [2.24, 2.45) is 0 Å². The van der Waals surface area contributed by atoms with Crippen LogP contribution in [0.4, 0.5) is 13.2 Å². The molecule has 0 radical (unpaired) electrons. The number of esters is 1. The van der Waals surface area contributed by atoms with Crippen LogP contribution >= 0.6 is 0 Å². The molecule has 0 unspecified atom stereocenters. The third-order valence-corrected chi connectivity index (χ3v) is 4.99. The van der Waals surface area contributed by atoms with Gasteiger partial charge in [0.1, 0.15) is 11.5 Å². The zero-order chi connectivity index (χ0) is 25.3. The molecule has 0 spiro atoms. The lowest BCUT2D eigenvalue weighted by atomic mass is 10.1. The molecule has 3 rings (SSSR count). The Hall–Kier alpha value is -3.94. The number of benzene rings is 3. The highest BCUT2D eigenvalue weighted by Gasteiger charge is 2.34. The summed E-state index contributed by atoms with van der Waals surface area (Å²) >= 11 is 0. The van der Waals surface area contributed by atoms with Crippen molar-refractivity contribution in [2.75, 3.05) is 27.4 Å². The summed E-state index contributed by atoms with van der Waals surface area (Å²) in [4.78, 5) is 11.6. The van der Waals surface area contributed by atoms with Crippen molar-refractivity contribution in [3.8, 4) is 22.6 Å². The van der Waals surface area contributed by atoms with Gasteiger partial charge in [0.05, 0.1) is 33.0 Å². The average molecular weight is 486 g/mol. The quantitative estimate of drug-likeness (QED) is 0.144. The minimum absolute atomic E-state index is 0.0336. The Balaban J connectivity index is 1.57. The van der Waals surface area contributed by atoms with Gasteiger partial charge in [-0.2, -0.15) is 13.2 Å². The number of ether oxygens (including phenoxy) is 4. The topological polar surface area (TPSA) is 54.0 Å². The van der Waals surface area contributed by atoms with Gasteiger partial charge in [-0.05, 0) is 47.0 Å². The average Bonchev–Trinajstić information content (AvgIpc) is 2.87. The van der Waals surface area contributed by atoms with E-state index in [0.29, 0.717) is 12.2 Å². The molecule has 8 heteroatoms. The number of hydrogen-bond acceptors (Lipinski definition) is 5. The summed E-state index contributed by atoms with van der Waals surface area (Å²) in [6.07, 6.45) is -3.09. The molecule has 0 aliphatic carbocycles. The molecule has 0 fully saturated rings. The first-order valence-electron chi connectivity index (χ1n) is 10.8. The van der Waals surface area contributed by atoms with E-state index in [4.69, 9.17) is 14.2 Å². The van der Waals surface area contributed by atoms with Crippen LogP contribution in [0.3, 0.4) is 0 Å². The maximum Gasteiger partial charge on any atom is 0.419 e. The predicted molar refractivity (Wildman–Crippen MR) is 126 cm³/mol. The van der Waals surface area contributed by atoms with Gasteiger partial charge in [0.2, 0.25) is 5.76 Å². The molecule has 3 aromatic rings. The third-order valence-electron chi connectivity index (χ3n) is 4.99. The van der Waals surface area contributed by atoms with Gasteiger partial charge in [-0.3, -0.25) is 0 Å². The number of methoxy groups -OCH3 is 2.